The molecule has 22 heteroatoms. The van der Waals surface area contributed by atoms with Gasteiger partial charge in [0.15, 0.2) is 36.5 Å². The largest absolute Gasteiger partial charge is 0.509 e. The van der Waals surface area contributed by atoms with Crippen molar-refractivity contribution >= 4 is 36.4 Å². The second-order valence-electron chi connectivity index (χ2n) is 22.9. The van der Waals surface area contributed by atoms with Crippen LogP contribution in [0.4, 0.5) is 19.2 Å². The fraction of sp³-hybridized carbons (Fsp3) is 0.607. The quantitative estimate of drug-likeness (QED) is 0.106. The highest BCUT2D eigenvalue weighted by molar-refractivity contribution is 5.80. The highest BCUT2D eigenvalue weighted by Crippen LogP contribution is 2.43. The number of amides is 2. The van der Waals surface area contributed by atoms with Crippen molar-refractivity contribution in [2.75, 3.05) is 14.2 Å². The molecule has 0 aromatic heterocycles. The Balaban J connectivity index is 1.27. The maximum absolute atomic E-state index is 15.0. The van der Waals surface area contributed by atoms with Gasteiger partial charge in [0.1, 0.15) is 31.5 Å². The van der Waals surface area contributed by atoms with Crippen LogP contribution in [0.3, 0.4) is 0 Å². The normalized spacial score (nSPS) is 35.0. The van der Waals surface area contributed by atoms with Crippen LogP contribution < -0.4 is 5.32 Å². The van der Waals surface area contributed by atoms with E-state index in [-0.39, 0.29) is 45.5 Å². The number of hydrogen-bond acceptors (Lipinski definition) is 20. The molecule has 4 heterocycles. The summed E-state index contributed by atoms with van der Waals surface area (Å²) < 4.78 is 79.8. The zero-order chi connectivity index (χ0) is 60.4. The molecule has 2 N–H and O–H groups in total. The van der Waals surface area contributed by atoms with Gasteiger partial charge >= 0.3 is 30.5 Å². The average Bonchev–Trinajstić information content (AvgIpc) is 3.66. The number of methoxy groups -OCH3 is 1. The van der Waals surface area contributed by atoms with E-state index in [0.717, 1.165) is 11.1 Å². The summed E-state index contributed by atoms with van der Waals surface area (Å²) in [7, 11) is 2.94. The third-order valence-corrected chi connectivity index (χ3v) is 16.3. The average molecular weight is 1160 g/mol. The summed E-state index contributed by atoms with van der Waals surface area (Å²) in [6, 6.07) is 25.3. The predicted molar refractivity (Wildman–Crippen MR) is 295 cm³/mol. The molecular formula is C61H82N2O20. The first-order valence-corrected chi connectivity index (χ1v) is 28.3. The van der Waals surface area contributed by atoms with Gasteiger partial charge in [0.2, 0.25) is 5.91 Å². The molecule has 2 amide bonds. The maximum Gasteiger partial charge on any atom is 0.509 e. The zero-order valence-corrected chi connectivity index (χ0v) is 49.4. The lowest BCUT2D eigenvalue weighted by Crippen LogP contribution is -2.62. The van der Waals surface area contributed by atoms with Crippen molar-refractivity contribution in [3.05, 3.63) is 108 Å². The maximum atomic E-state index is 15.0. The van der Waals surface area contributed by atoms with Gasteiger partial charge in [-0.25, -0.2) is 19.2 Å². The summed E-state index contributed by atoms with van der Waals surface area (Å²) in [6.45, 7) is 16.1. The Morgan fingerprint density at radius 1 is 0.699 bits per heavy atom. The van der Waals surface area contributed by atoms with Crippen LogP contribution in [0.25, 0.3) is 0 Å². The number of esters is 1. The van der Waals surface area contributed by atoms with Gasteiger partial charge in [-0.2, -0.15) is 0 Å². The number of hydrogen-bond donors (Lipinski definition) is 2. The molecular weight excluding hydrogens is 1080 g/mol. The lowest BCUT2D eigenvalue weighted by molar-refractivity contribution is -0.318. The summed E-state index contributed by atoms with van der Waals surface area (Å²) >= 11 is 0. The second-order valence-corrected chi connectivity index (χ2v) is 22.9. The molecule has 0 bridgehead atoms. The van der Waals surface area contributed by atoms with E-state index in [4.69, 9.17) is 61.6 Å². The Kier molecular flexibility index (Phi) is 21.5. The van der Waals surface area contributed by atoms with Gasteiger partial charge in [0, 0.05) is 32.5 Å². The van der Waals surface area contributed by atoms with Crippen LogP contribution in [0, 0.1) is 17.8 Å². The van der Waals surface area contributed by atoms with Crippen molar-refractivity contribution in [3.8, 4) is 0 Å². The van der Waals surface area contributed by atoms with Crippen LogP contribution in [-0.2, 0) is 91.0 Å². The third kappa shape index (κ3) is 15.8. The molecule has 4 aliphatic rings. The van der Waals surface area contributed by atoms with Crippen molar-refractivity contribution in [3.63, 3.8) is 0 Å². The predicted octanol–water partition coefficient (Wildman–Crippen LogP) is 8.70. The molecule has 0 saturated carbocycles. The van der Waals surface area contributed by atoms with Gasteiger partial charge in [-0.3, -0.25) is 9.59 Å². The van der Waals surface area contributed by atoms with Crippen LogP contribution in [0.15, 0.2) is 91.0 Å². The molecule has 456 valence electrons. The molecule has 4 aliphatic heterocycles. The summed E-state index contributed by atoms with van der Waals surface area (Å²) in [5.41, 5.74) is -2.80. The molecule has 4 fully saturated rings. The Bertz CT molecular complexity index is 2650. The van der Waals surface area contributed by atoms with Crippen molar-refractivity contribution in [1.29, 1.82) is 0 Å². The Hall–Kier alpha value is -6.56. The van der Waals surface area contributed by atoms with Gasteiger partial charge in [-0.1, -0.05) is 105 Å². The monoisotopic (exact) mass is 1160 g/mol. The van der Waals surface area contributed by atoms with Crippen molar-refractivity contribution in [2.24, 2.45) is 17.8 Å². The Morgan fingerprint density at radius 2 is 1.25 bits per heavy atom. The molecule has 0 radical (unpaired) electrons. The SMILES string of the molecule is CC[C@@H]1OC(=O)[C@H](C)[C@@H](O[C@H]2C[C@@](C)(OC)[C@@H](OC(=O)OCc3ccccc3)[C@H](C)O2)[C@H](C)[C@H](O[C@@H]2O[C@H](C)C[C@H](N(C)C(=O)OCc3ccccc3)[C@H]2OC(=O)OCc2ccccc2)[C@](C)(O)C[C@@H](C)NC(=O)[C@@H](C)[C@H]2OC(=O)O[C@]12C. The minimum absolute atomic E-state index is 0.0510. The van der Waals surface area contributed by atoms with Crippen molar-refractivity contribution in [1.82, 2.24) is 10.2 Å². The number of benzene rings is 3. The molecule has 3 aromatic rings. The number of carbonyl (C=O) groups excluding carboxylic acids is 6. The number of rotatable bonds is 15. The molecule has 0 spiro atoms. The molecule has 3 aromatic carbocycles. The van der Waals surface area contributed by atoms with Crippen LogP contribution in [0.1, 0.15) is 112 Å². The molecule has 7 rings (SSSR count). The van der Waals surface area contributed by atoms with E-state index in [1.165, 1.54) is 26.0 Å². The number of aliphatic hydroxyl groups is 1. The number of carbonyl (C=O) groups is 6. The van der Waals surface area contributed by atoms with E-state index in [0.29, 0.717) is 5.56 Å². The second kappa shape index (κ2) is 27.9. The van der Waals surface area contributed by atoms with E-state index >= 15 is 4.79 Å². The molecule has 22 nitrogen and oxygen atoms in total. The Morgan fingerprint density at radius 3 is 1.81 bits per heavy atom. The van der Waals surface area contributed by atoms with E-state index in [1.807, 2.05) is 42.5 Å². The summed E-state index contributed by atoms with van der Waals surface area (Å²) in [5, 5.41) is 16.1. The first kappa shape index (κ1) is 64.0. The van der Waals surface area contributed by atoms with Gasteiger partial charge in [-0.15, -0.1) is 0 Å². The zero-order valence-electron chi connectivity index (χ0n) is 49.4. The number of fused-ring (bicyclic) bond motifs is 1. The van der Waals surface area contributed by atoms with Gasteiger partial charge in [-0.05, 0) is 91.3 Å². The topological polar surface area (TPSA) is 258 Å². The van der Waals surface area contributed by atoms with Crippen LogP contribution in [0.2, 0.25) is 0 Å². The lowest BCUT2D eigenvalue weighted by atomic mass is 9.78. The first-order valence-electron chi connectivity index (χ1n) is 28.3. The molecule has 4 saturated heterocycles. The fourth-order valence-corrected chi connectivity index (χ4v) is 11.8. The highest BCUT2D eigenvalue weighted by Gasteiger charge is 2.59. The Labute approximate surface area is 485 Å². The fourth-order valence-electron chi connectivity index (χ4n) is 11.8. The number of nitrogens with zero attached hydrogens (tertiary/aromatic N) is 1. The minimum atomic E-state index is -2.01. The van der Waals surface area contributed by atoms with Gasteiger partial charge in [0.25, 0.3) is 0 Å². The summed E-state index contributed by atoms with van der Waals surface area (Å²) in [6.07, 6.45) is -16.0. The molecule has 0 unspecified atom stereocenters. The number of likely N-dealkylation sites (N-methyl/N-ethyl adjacent to an activating group) is 1. The van der Waals surface area contributed by atoms with Crippen LogP contribution in [0.5, 0.6) is 0 Å². The first-order chi connectivity index (χ1) is 39.4. The van der Waals surface area contributed by atoms with E-state index in [2.05, 4.69) is 5.32 Å². The van der Waals surface area contributed by atoms with Crippen molar-refractivity contribution in [2.45, 2.75) is 205 Å². The summed E-state index contributed by atoms with van der Waals surface area (Å²) in [5.74, 6) is -4.83. The van der Waals surface area contributed by atoms with Gasteiger partial charge in [0.05, 0.1) is 47.9 Å². The molecule has 83 heavy (non-hydrogen) atoms. The molecule has 18 atom stereocenters. The smallest absolute Gasteiger partial charge is 0.458 e. The van der Waals surface area contributed by atoms with Crippen LogP contribution in [-0.4, -0.2) is 151 Å². The standard InChI is InChI=1S/C61H82N2O20/c1-13-45-61(10)50(81-58(69)83-61)39(6)52(64)62-35(2)30-59(8,70)49(37(4)47(38(5)53(65)77-45)78-46-31-60(9,71-12)51(40(7)76-46)82-57(68)74-34-43-27-21-16-22-28-43)80-54-48(79-56(67)73-33-42-25-19-15-20-26-42)44(29-36(3)75-54)63(11)55(66)72-32-41-23-17-14-18-24-41/h14-28,35-40,44-51,54,70H,13,29-34H2,1-12H3,(H,62,64)/t35-,36-,37+,38-,39+,40+,44+,45+,46+,47+,48-,49+,50-,51+,54+,59-,60-,61-/m1/s1. The van der Waals surface area contributed by atoms with Crippen LogP contribution >= 0.6 is 0 Å². The summed E-state index contributed by atoms with van der Waals surface area (Å²) in [4.78, 5) is 84.7. The highest BCUT2D eigenvalue weighted by atomic mass is 16.8. The minimum Gasteiger partial charge on any atom is -0.458 e. The van der Waals surface area contributed by atoms with Crippen molar-refractivity contribution < 1.29 is 95.5 Å². The third-order valence-electron chi connectivity index (χ3n) is 16.3. The van der Waals surface area contributed by atoms with Gasteiger partial charge < -0.3 is 76.9 Å². The molecule has 0 aliphatic carbocycles. The number of cyclic esters (lactones) is 1. The van der Waals surface area contributed by atoms with E-state index in [1.54, 1.807) is 111 Å². The number of nitrogens with one attached hydrogen (secondary N) is 1. The van der Waals surface area contributed by atoms with E-state index in [9.17, 15) is 29.1 Å². The number of ether oxygens (including phenoxy) is 13. The lowest BCUT2D eigenvalue weighted by Gasteiger charge is -2.49. The van der Waals surface area contributed by atoms with E-state index < -0.39 is 144 Å².